The van der Waals surface area contributed by atoms with Crippen LogP contribution < -0.4 is 5.32 Å². The molecule has 2 N–H and O–H groups in total. The molecule has 1 unspecified atom stereocenters. The van der Waals surface area contributed by atoms with Crippen LogP contribution in [-0.4, -0.2) is 24.3 Å². The van der Waals surface area contributed by atoms with Crippen LogP contribution in [0.4, 0.5) is 0 Å². The maximum atomic E-state index is 9.08. The van der Waals surface area contributed by atoms with E-state index in [0.29, 0.717) is 0 Å². The minimum absolute atomic E-state index is 0.158. The maximum Gasteiger partial charge on any atom is 0.0524 e. The van der Waals surface area contributed by atoms with Crippen LogP contribution in [0.1, 0.15) is 46.0 Å². The molecule has 0 amide bonds. The zero-order valence-electron chi connectivity index (χ0n) is 9.63. The van der Waals surface area contributed by atoms with Crippen LogP contribution in [0.15, 0.2) is 0 Å². The summed E-state index contributed by atoms with van der Waals surface area (Å²) in [6.07, 6.45) is 6.31. The molecule has 0 aromatic rings. The first-order valence-electron chi connectivity index (χ1n) is 6.07. The summed E-state index contributed by atoms with van der Waals surface area (Å²) in [6.45, 7) is 6.32. The third-order valence-corrected chi connectivity index (χ3v) is 3.31. The fourth-order valence-electron chi connectivity index (χ4n) is 2.15. The third-order valence-electron chi connectivity index (χ3n) is 3.31. The largest absolute Gasteiger partial charge is 0.393 e. The van der Waals surface area contributed by atoms with Crippen LogP contribution in [0.3, 0.4) is 0 Å². The van der Waals surface area contributed by atoms with Crippen LogP contribution >= 0.6 is 0 Å². The van der Waals surface area contributed by atoms with Crippen molar-refractivity contribution in [2.45, 2.75) is 52.1 Å². The van der Waals surface area contributed by atoms with Gasteiger partial charge < -0.3 is 10.4 Å². The number of aliphatic hydroxyl groups is 1. The highest BCUT2D eigenvalue weighted by molar-refractivity contribution is 4.71. The second-order valence-corrected chi connectivity index (χ2v) is 4.97. The molecule has 0 aromatic heterocycles. The van der Waals surface area contributed by atoms with Crippen molar-refractivity contribution in [3.05, 3.63) is 0 Å². The van der Waals surface area contributed by atoms with Crippen molar-refractivity contribution in [2.24, 2.45) is 11.8 Å². The van der Waals surface area contributed by atoms with Gasteiger partial charge in [-0.3, -0.25) is 0 Å². The summed E-state index contributed by atoms with van der Waals surface area (Å²) in [6, 6.07) is 0. The molecule has 2 nitrogen and oxygen atoms in total. The molecular formula is C12H25NO. The lowest BCUT2D eigenvalue weighted by molar-refractivity contribution is 0.182. The maximum absolute atomic E-state index is 9.08. The molecule has 1 saturated carbocycles. The average molecular weight is 199 g/mol. The Balaban J connectivity index is 1.96. The quantitative estimate of drug-likeness (QED) is 0.665. The minimum atomic E-state index is -0.158. The van der Waals surface area contributed by atoms with Gasteiger partial charge in [-0.2, -0.15) is 0 Å². The van der Waals surface area contributed by atoms with E-state index in [4.69, 9.17) is 5.11 Å². The highest BCUT2D eigenvalue weighted by atomic mass is 16.3. The van der Waals surface area contributed by atoms with Gasteiger partial charge in [0.15, 0.2) is 0 Å². The summed E-state index contributed by atoms with van der Waals surface area (Å²) in [5.41, 5.74) is 0. The second-order valence-electron chi connectivity index (χ2n) is 4.97. The fourth-order valence-corrected chi connectivity index (χ4v) is 2.15. The fraction of sp³-hybridized carbons (Fsp3) is 1.00. The summed E-state index contributed by atoms with van der Waals surface area (Å²) in [5.74, 6) is 1.84. The first-order valence-corrected chi connectivity index (χ1v) is 6.07. The van der Waals surface area contributed by atoms with E-state index in [0.717, 1.165) is 31.3 Å². The van der Waals surface area contributed by atoms with Crippen LogP contribution in [0.5, 0.6) is 0 Å². The Hall–Kier alpha value is -0.0800. The molecule has 2 heteroatoms. The second kappa shape index (κ2) is 6.41. The zero-order valence-corrected chi connectivity index (χ0v) is 9.63. The summed E-state index contributed by atoms with van der Waals surface area (Å²) in [5, 5.41) is 12.5. The molecule has 1 rings (SSSR count). The highest BCUT2D eigenvalue weighted by Crippen LogP contribution is 2.27. The topological polar surface area (TPSA) is 32.3 Å². The normalized spacial score (nSPS) is 30.2. The Kier molecular flexibility index (Phi) is 5.49. The Morgan fingerprint density at radius 3 is 2.50 bits per heavy atom. The molecular weight excluding hydrogens is 174 g/mol. The van der Waals surface area contributed by atoms with Crippen molar-refractivity contribution in [2.75, 3.05) is 13.1 Å². The van der Waals surface area contributed by atoms with Gasteiger partial charge in [0.2, 0.25) is 0 Å². The predicted octanol–water partition coefficient (Wildman–Crippen LogP) is 2.17. The van der Waals surface area contributed by atoms with Crippen LogP contribution in [0.2, 0.25) is 0 Å². The first-order chi connectivity index (χ1) is 6.68. The van der Waals surface area contributed by atoms with E-state index < -0.39 is 0 Å². The molecule has 0 radical (unpaired) electrons. The van der Waals surface area contributed by atoms with Crippen molar-refractivity contribution < 1.29 is 5.11 Å². The molecule has 0 heterocycles. The highest BCUT2D eigenvalue weighted by Gasteiger charge is 2.17. The van der Waals surface area contributed by atoms with E-state index in [1.54, 1.807) is 0 Å². The smallest absolute Gasteiger partial charge is 0.0524 e. The molecule has 84 valence electrons. The summed E-state index contributed by atoms with van der Waals surface area (Å²) >= 11 is 0. The van der Waals surface area contributed by atoms with Gasteiger partial charge in [-0.25, -0.2) is 0 Å². The summed E-state index contributed by atoms with van der Waals surface area (Å²) in [4.78, 5) is 0. The van der Waals surface area contributed by atoms with Gasteiger partial charge in [0.25, 0.3) is 0 Å². The van der Waals surface area contributed by atoms with Gasteiger partial charge in [0.1, 0.15) is 0 Å². The van der Waals surface area contributed by atoms with E-state index >= 15 is 0 Å². The molecule has 0 spiro atoms. The van der Waals surface area contributed by atoms with E-state index in [1.807, 2.05) is 6.92 Å². The number of hydrogen-bond acceptors (Lipinski definition) is 2. The van der Waals surface area contributed by atoms with Crippen molar-refractivity contribution >= 4 is 0 Å². The summed E-state index contributed by atoms with van der Waals surface area (Å²) in [7, 11) is 0. The van der Waals surface area contributed by atoms with Crippen molar-refractivity contribution in [3.8, 4) is 0 Å². The predicted molar refractivity (Wildman–Crippen MR) is 60.3 cm³/mol. The van der Waals surface area contributed by atoms with Gasteiger partial charge in [0.05, 0.1) is 6.10 Å². The van der Waals surface area contributed by atoms with Crippen LogP contribution in [-0.2, 0) is 0 Å². The summed E-state index contributed by atoms with van der Waals surface area (Å²) < 4.78 is 0. The van der Waals surface area contributed by atoms with E-state index in [2.05, 4.69) is 12.2 Å². The molecule has 1 aliphatic rings. The Morgan fingerprint density at radius 1 is 1.29 bits per heavy atom. The molecule has 1 aliphatic carbocycles. The molecule has 0 aliphatic heterocycles. The van der Waals surface area contributed by atoms with E-state index in [-0.39, 0.29) is 6.10 Å². The lowest BCUT2D eigenvalue weighted by Crippen LogP contribution is -2.28. The standard InChI is InChI=1S/C12H25NO/c1-10-3-5-12(6-4-10)9-13-8-7-11(2)14/h10-14H,3-9H2,1-2H3. The number of hydrogen-bond donors (Lipinski definition) is 2. The van der Waals surface area contributed by atoms with Gasteiger partial charge in [0, 0.05) is 0 Å². The molecule has 1 atom stereocenters. The van der Waals surface area contributed by atoms with Gasteiger partial charge in [-0.1, -0.05) is 19.8 Å². The van der Waals surface area contributed by atoms with Crippen molar-refractivity contribution in [1.82, 2.24) is 5.32 Å². The molecule has 1 fully saturated rings. The molecule has 0 aromatic carbocycles. The number of aliphatic hydroxyl groups excluding tert-OH is 1. The first kappa shape index (κ1) is 12.0. The minimum Gasteiger partial charge on any atom is -0.393 e. The monoisotopic (exact) mass is 199 g/mol. The van der Waals surface area contributed by atoms with Crippen LogP contribution in [0.25, 0.3) is 0 Å². The Bertz CT molecular complexity index is 139. The molecule has 0 saturated heterocycles. The van der Waals surface area contributed by atoms with Crippen LogP contribution in [0, 0.1) is 11.8 Å². The van der Waals surface area contributed by atoms with E-state index in [1.165, 1.54) is 25.7 Å². The average Bonchev–Trinajstić information content (AvgIpc) is 2.15. The Labute approximate surface area is 88.1 Å². The van der Waals surface area contributed by atoms with Crippen molar-refractivity contribution in [1.29, 1.82) is 0 Å². The zero-order chi connectivity index (χ0) is 10.4. The molecule has 0 bridgehead atoms. The van der Waals surface area contributed by atoms with Gasteiger partial charge in [-0.05, 0) is 51.1 Å². The van der Waals surface area contributed by atoms with Gasteiger partial charge in [-0.15, -0.1) is 0 Å². The number of rotatable bonds is 5. The molecule has 14 heavy (non-hydrogen) atoms. The van der Waals surface area contributed by atoms with E-state index in [9.17, 15) is 0 Å². The van der Waals surface area contributed by atoms with Gasteiger partial charge >= 0.3 is 0 Å². The Morgan fingerprint density at radius 2 is 1.93 bits per heavy atom. The lowest BCUT2D eigenvalue weighted by Gasteiger charge is -2.26. The third kappa shape index (κ3) is 4.97. The lowest BCUT2D eigenvalue weighted by atomic mass is 9.83. The SMILES string of the molecule is CC(O)CCNCC1CCC(C)CC1. The van der Waals surface area contributed by atoms with Crippen molar-refractivity contribution in [3.63, 3.8) is 0 Å². The number of nitrogens with one attached hydrogen (secondary N) is 1.